The van der Waals surface area contributed by atoms with Crippen molar-refractivity contribution in [3.05, 3.63) is 48.0 Å². The summed E-state index contributed by atoms with van der Waals surface area (Å²) in [5.74, 6) is 0.704. The number of anilines is 1. The predicted octanol–water partition coefficient (Wildman–Crippen LogP) is 3.00. The molecule has 0 aliphatic carbocycles. The number of carbonyl (C=O) groups excluding carboxylic acids is 1. The highest BCUT2D eigenvalue weighted by atomic mass is 19.3. The number of oxime groups is 1. The van der Waals surface area contributed by atoms with Gasteiger partial charge in [0.1, 0.15) is 5.75 Å². The fourth-order valence-corrected chi connectivity index (χ4v) is 3.25. The summed E-state index contributed by atoms with van der Waals surface area (Å²) in [5.41, 5.74) is 1.63. The van der Waals surface area contributed by atoms with Crippen LogP contribution in [0.1, 0.15) is 5.56 Å². The predicted molar refractivity (Wildman–Crippen MR) is 115 cm³/mol. The number of amides is 1. The van der Waals surface area contributed by atoms with Gasteiger partial charge in [-0.05, 0) is 42.5 Å². The molecule has 2 aromatic carbocycles. The Kier molecular flexibility index (Phi) is 8.07. The molecule has 10 heteroatoms. The van der Waals surface area contributed by atoms with Gasteiger partial charge in [0, 0.05) is 37.4 Å². The lowest BCUT2D eigenvalue weighted by atomic mass is 10.2. The molecule has 0 atom stereocenters. The quantitative estimate of drug-likeness (QED) is 0.433. The van der Waals surface area contributed by atoms with Crippen molar-refractivity contribution in [3.8, 4) is 17.2 Å². The minimum absolute atomic E-state index is 0.0791. The van der Waals surface area contributed by atoms with Gasteiger partial charge in [-0.1, -0.05) is 5.16 Å². The number of ether oxygens (including phenoxy) is 3. The number of alkyl halides is 2. The third-order valence-electron chi connectivity index (χ3n) is 4.94. The molecule has 1 aliphatic heterocycles. The van der Waals surface area contributed by atoms with Gasteiger partial charge in [0.25, 0.3) is 5.91 Å². The van der Waals surface area contributed by atoms with Gasteiger partial charge in [0.2, 0.25) is 0 Å². The molecule has 2 aromatic rings. The monoisotopic (exact) mass is 449 g/mol. The largest absolute Gasteiger partial charge is 0.497 e. The Labute approximate surface area is 184 Å². The standard InChI is InChI=1S/C22H25F2N3O5/c1-29-18-6-4-17(5-7-18)26-9-11-27(12-10-26)21(28)15-31-25-14-16-3-8-19(32-22(23)24)20(13-16)30-2/h3-8,13-14,22H,9-12,15H2,1-2H3/b25-14+. The number of carbonyl (C=O) groups is 1. The third-order valence-corrected chi connectivity index (χ3v) is 4.94. The highest BCUT2D eigenvalue weighted by Crippen LogP contribution is 2.29. The lowest BCUT2D eigenvalue weighted by molar-refractivity contribution is -0.136. The molecule has 1 amide bonds. The second-order valence-electron chi connectivity index (χ2n) is 6.86. The zero-order chi connectivity index (χ0) is 22.9. The van der Waals surface area contributed by atoms with Crippen molar-refractivity contribution in [1.82, 2.24) is 4.90 Å². The summed E-state index contributed by atoms with van der Waals surface area (Å²) in [6.45, 7) is -0.539. The van der Waals surface area contributed by atoms with E-state index in [9.17, 15) is 13.6 Å². The maximum Gasteiger partial charge on any atom is 0.387 e. The van der Waals surface area contributed by atoms with Crippen LogP contribution in [0.2, 0.25) is 0 Å². The summed E-state index contributed by atoms with van der Waals surface area (Å²) in [6, 6.07) is 12.2. The number of nitrogens with zero attached hydrogens (tertiary/aromatic N) is 3. The van der Waals surface area contributed by atoms with Crippen LogP contribution in [0.3, 0.4) is 0 Å². The Bertz CT molecular complexity index is 916. The Morgan fingerprint density at radius 2 is 1.75 bits per heavy atom. The minimum Gasteiger partial charge on any atom is -0.497 e. The molecule has 0 unspecified atom stereocenters. The van der Waals surface area contributed by atoms with Crippen LogP contribution in [0.25, 0.3) is 0 Å². The molecule has 0 bridgehead atoms. The number of benzene rings is 2. The van der Waals surface area contributed by atoms with Crippen LogP contribution >= 0.6 is 0 Å². The van der Waals surface area contributed by atoms with Crippen LogP contribution in [0.15, 0.2) is 47.6 Å². The minimum atomic E-state index is -2.95. The summed E-state index contributed by atoms with van der Waals surface area (Å²) in [6.07, 6.45) is 1.36. The fraction of sp³-hybridized carbons (Fsp3) is 0.364. The Balaban J connectivity index is 1.44. The topological polar surface area (TPSA) is 72.8 Å². The molecule has 1 fully saturated rings. The number of piperazine rings is 1. The third kappa shape index (κ3) is 6.22. The smallest absolute Gasteiger partial charge is 0.387 e. The molecule has 1 saturated heterocycles. The molecule has 3 rings (SSSR count). The molecular weight excluding hydrogens is 424 g/mol. The van der Waals surface area contributed by atoms with Crippen LogP contribution in [0.5, 0.6) is 17.2 Å². The molecule has 1 aliphatic rings. The summed E-state index contributed by atoms with van der Waals surface area (Å²) in [4.78, 5) is 21.4. The van der Waals surface area contributed by atoms with Gasteiger partial charge in [0.15, 0.2) is 18.1 Å². The molecular formula is C22H25F2N3O5. The number of halogens is 2. The summed E-state index contributed by atoms with van der Waals surface area (Å²) in [7, 11) is 2.97. The lowest BCUT2D eigenvalue weighted by Gasteiger charge is -2.35. The van der Waals surface area contributed by atoms with E-state index in [1.54, 1.807) is 12.0 Å². The van der Waals surface area contributed by atoms with Crippen molar-refractivity contribution >= 4 is 17.8 Å². The van der Waals surface area contributed by atoms with Gasteiger partial charge in [-0.2, -0.15) is 8.78 Å². The van der Waals surface area contributed by atoms with E-state index in [0.29, 0.717) is 31.7 Å². The normalized spacial score (nSPS) is 14.0. The van der Waals surface area contributed by atoms with Crippen LogP contribution in [0, 0.1) is 0 Å². The first-order valence-corrected chi connectivity index (χ1v) is 9.95. The molecule has 8 nitrogen and oxygen atoms in total. The fourth-order valence-electron chi connectivity index (χ4n) is 3.25. The number of hydrogen-bond acceptors (Lipinski definition) is 7. The van der Waals surface area contributed by atoms with E-state index in [1.807, 2.05) is 24.3 Å². The highest BCUT2D eigenvalue weighted by Gasteiger charge is 2.21. The zero-order valence-corrected chi connectivity index (χ0v) is 17.9. The molecule has 0 radical (unpaired) electrons. The Morgan fingerprint density at radius 1 is 1.03 bits per heavy atom. The van der Waals surface area contributed by atoms with Crippen LogP contribution < -0.4 is 19.1 Å². The van der Waals surface area contributed by atoms with E-state index in [-0.39, 0.29) is 24.0 Å². The van der Waals surface area contributed by atoms with Gasteiger partial charge in [0.05, 0.1) is 20.4 Å². The van der Waals surface area contributed by atoms with E-state index in [1.165, 1.54) is 31.5 Å². The van der Waals surface area contributed by atoms with E-state index < -0.39 is 6.61 Å². The summed E-state index contributed by atoms with van der Waals surface area (Å²) in [5, 5.41) is 3.78. The van der Waals surface area contributed by atoms with Crippen LogP contribution in [0.4, 0.5) is 14.5 Å². The van der Waals surface area contributed by atoms with Crippen LogP contribution in [-0.2, 0) is 9.63 Å². The SMILES string of the molecule is COc1ccc(N2CCN(C(=O)CO/N=C/c3ccc(OC(F)F)c(OC)c3)CC2)cc1. The molecule has 0 aromatic heterocycles. The first-order chi connectivity index (χ1) is 15.5. The maximum absolute atomic E-state index is 12.4. The van der Waals surface area contributed by atoms with E-state index in [2.05, 4.69) is 14.8 Å². The van der Waals surface area contributed by atoms with Crippen molar-refractivity contribution in [2.45, 2.75) is 6.61 Å². The van der Waals surface area contributed by atoms with Gasteiger partial charge in [-0.15, -0.1) is 0 Å². The maximum atomic E-state index is 12.4. The second-order valence-corrected chi connectivity index (χ2v) is 6.86. The molecule has 1 heterocycles. The van der Waals surface area contributed by atoms with Crippen molar-refractivity contribution in [1.29, 1.82) is 0 Å². The highest BCUT2D eigenvalue weighted by molar-refractivity contribution is 5.81. The van der Waals surface area contributed by atoms with E-state index in [4.69, 9.17) is 14.3 Å². The molecule has 172 valence electrons. The Hall–Kier alpha value is -3.56. The second kappa shape index (κ2) is 11.2. The number of methoxy groups -OCH3 is 2. The van der Waals surface area contributed by atoms with Gasteiger partial charge in [-0.25, -0.2) is 0 Å². The van der Waals surface area contributed by atoms with E-state index >= 15 is 0 Å². The lowest BCUT2D eigenvalue weighted by Crippen LogP contribution is -2.49. The van der Waals surface area contributed by atoms with E-state index in [0.717, 1.165) is 11.4 Å². The number of rotatable bonds is 9. The van der Waals surface area contributed by atoms with Crippen molar-refractivity contribution in [2.75, 3.05) is 51.9 Å². The number of hydrogen-bond donors (Lipinski definition) is 0. The van der Waals surface area contributed by atoms with Gasteiger partial charge in [-0.3, -0.25) is 4.79 Å². The van der Waals surface area contributed by atoms with Crippen molar-refractivity contribution in [2.24, 2.45) is 5.16 Å². The zero-order valence-electron chi connectivity index (χ0n) is 17.9. The van der Waals surface area contributed by atoms with Gasteiger partial charge < -0.3 is 28.8 Å². The Morgan fingerprint density at radius 3 is 2.38 bits per heavy atom. The first kappa shape index (κ1) is 23.1. The first-order valence-electron chi connectivity index (χ1n) is 9.95. The molecule has 0 spiro atoms. The summed E-state index contributed by atoms with van der Waals surface area (Å²) < 4.78 is 39.3. The van der Waals surface area contributed by atoms with Crippen molar-refractivity contribution in [3.63, 3.8) is 0 Å². The van der Waals surface area contributed by atoms with Gasteiger partial charge >= 0.3 is 6.61 Å². The van der Waals surface area contributed by atoms with Crippen molar-refractivity contribution < 1.29 is 32.6 Å². The molecule has 0 saturated carbocycles. The summed E-state index contributed by atoms with van der Waals surface area (Å²) >= 11 is 0. The molecule has 0 N–H and O–H groups in total. The average molecular weight is 449 g/mol. The average Bonchev–Trinajstić information content (AvgIpc) is 2.82. The van der Waals surface area contributed by atoms with Crippen LogP contribution in [-0.4, -0.2) is 70.6 Å². The molecule has 32 heavy (non-hydrogen) atoms.